The van der Waals surface area contributed by atoms with Crippen molar-refractivity contribution in [3.63, 3.8) is 0 Å². The van der Waals surface area contributed by atoms with Crippen LogP contribution in [-0.4, -0.2) is 47.4 Å². The van der Waals surface area contributed by atoms with Crippen LogP contribution in [0.2, 0.25) is 0 Å². The minimum Gasteiger partial charge on any atom is -0.338 e. The summed E-state index contributed by atoms with van der Waals surface area (Å²) in [7, 11) is 0. The van der Waals surface area contributed by atoms with Crippen molar-refractivity contribution < 1.29 is 4.79 Å². The van der Waals surface area contributed by atoms with Crippen molar-refractivity contribution in [2.75, 3.05) is 19.6 Å². The number of carbonyl (C=O) groups is 1. The number of nitrogens with zero attached hydrogens (tertiary/aromatic N) is 2. The number of carbonyl (C=O) groups excluding carboxylic acids is 1. The summed E-state index contributed by atoms with van der Waals surface area (Å²) < 4.78 is 0. The van der Waals surface area contributed by atoms with E-state index in [4.69, 9.17) is 5.73 Å². The van der Waals surface area contributed by atoms with Crippen LogP contribution in [0.1, 0.15) is 56.5 Å². The van der Waals surface area contributed by atoms with Crippen LogP contribution in [0.15, 0.2) is 24.3 Å². The fraction of sp³-hybridized carbons (Fsp3) is 0.650. The Hall–Kier alpha value is -1.39. The molecule has 24 heavy (non-hydrogen) atoms. The van der Waals surface area contributed by atoms with E-state index in [2.05, 4.69) is 37.8 Å². The van der Waals surface area contributed by atoms with Crippen LogP contribution in [0.25, 0.3) is 0 Å². The standard InChI is InChI=1S/C20H33N3O/c1-5-22(15(2)3)13-17-8-10-18(11-9-17)20(24)23-12-6-7-19(14-23)16(4)21/h8-11,15-16,19H,5-7,12-14,21H2,1-4H3. The maximum Gasteiger partial charge on any atom is 0.253 e. The second-order valence-electron chi connectivity index (χ2n) is 7.37. The van der Waals surface area contributed by atoms with Crippen molar-refractivity contribution in [2.45, 2.75) is 59.2 Å². The molecule has 1 fully saturated rings. The summed E-state index contributed by atoms with van der Waals surface area (Å²) in [6.45, 7) is 12.3. The average Bonchev–Trinajstić information content (AvgIpc) is 2.59. The number of likely N-dealkylation sites (tertiary alicyclic amines) is 1. The molecule has 0 aliphatic carbocycles. The average molecular weight is 332 g/mol. The number of benzene rings is 1. The number of nitrogens with two attached hydrogens (primary N) is 1. The van der Waals surface area contributed by atoms with Gasteiger partial charge in [-0.05, 0) is 63.8 Å². The third-order valence-corrected chi connectivity index (χ3v) is 5.21. The van der Waals surface area contributed by atoms with Gasteiger partial charge < -0.3 is 10.6 Å². The topological polar surface area (TPSA) is 49.6 Å². The molecule has 134 valence electrons. The zero-order valence-corrected chi connectivity index (χ0v) is 15.7. The van der Waals surface area contributed by atoms with Crippen LogP contribution >= 0.6 is 0 Å². The Morgan fingerprint density at radius 1 is 1.29 bits per heavy atom. The van der Waals surface area contributed by atoms with Gasteiger partial charge in [-0.2, -0.15) is 0 Å². The summed E-state index contributed by atoms with van der Waals surface area (Å²) in [6, 6.07) is 8.80. The molecule has 4 nitrogen and oxygen atoms in total. The van der Waals surface area contributed by atoms with Crippen LogP contribution in [0, 0.1) is 5.92 Å². The highest BCUT2D eigenvalue weighted by atomic mass is 16.2. The van der Waals surface area contributed by atoms with E-state index < -0.39 is 0 Å². The summed E-state index contributed by atoms with van der Waals surface area (Å²) in [6.07, 6.45) is 2.18. The molecular formula is C20H33N3O. The summed E-state index contributed by atoms with van der Waals surface area (Å²) in [5.41, 5.74) is 8.08. The van der Waals surface area contributed by atoms with Crippen molar-refractivity contribution in [3.05, 3.63) is 35.4 Å². The molecule has 0 bridgehead atoms. The molecule has 1 heterocycles. The fourth-order valence-electron chi connectivity index (χ4n) is 3.45. The summed E-state index contributed by atoms with van der Waals surface area (Å²) in [5, 5.41) is 0. The SMILES string of the molecule is CCN(Cc1ccc(C(=O)N2CCCC(C(C)N)C2)cc1)C(C)C. The zero-order chi connectivity index (χ0) is 17.7. The summed E-state index contributed by atoms with van der Waals surface area (Å²) >= 11 is 0. The first-order chi connectivity index (χ1) is 11.4. The maximum absolute atomic E-state index is 12.7. The smallest absolute Gasteiger partial charge is 0.253 e. The Labute approximate surface area is 147 Å². The highest BCUT2D eigenvalue weighted by molar-refractivity contribution is 5.94. The lowest BCUT2D eigenvalue weighted by Crippen LogP contribution is -2.45. The monoisotopic (exact) mass is 331 g/mol. The highest BCUT2D eigenvalue weighted by Crippen LogP contribution is 2.21. The summed E-state index contributed by atoms with van der Waals surface area (Å²) in [4.78, 5) is 17.1. The van der Waals surface area contributed by atoms with E-state index in [9.17, 15) is 4.79 Å². The second-order valence-corrected chi connectivity index (χ2v) is 7.37. The van der Waals surface area contributed by atoms with Gasteiger partial charge in [-0.3, -0.25) is 9.69 Å². The maximum atomic E-state index is 12.7. The van der Waals surface area contributed by atoms with E-state index in [-0.39, 0.29) is 11.9 Å². The third kappa shape index (κ3) is 4.81. The normalized spacial score (nSPS) is 19.8. The molecule has 1 aliphatic rings. The number of piperidine rings is 1. The minimum absolute atomic E-state index is 0.142. The van der Waals surface area contributed by atoms with E-state index in [1.807, 2.05) is 24.0 Å². The molecule has 0 spiro atoms. The molecule has 0 aromatic heterocycles. The third-order valence-electron chi connectivity index (χ3n) is 5.21. The van der Waals surface area contributed by atoms with E-state index in [0.717, 1.165) is 44.6 Å². The van der Waals surface area contributed by atoms with Gasteiger partial charge in [0.2, 0.25) is 0 Å². The quantitative estimate of drug-likeness (QED) is 0.871. The first kappa shape index (κ1) is 18.9. The lowest BCUT2D eigenvalue weighted by molar-refractivity contribution is 0.0661. The Morgan fingerprint density at radius 2 is 1.96 bits per heavy atom. The van der Waals surface area contributed by atoms with Crippen LogP contribution in [-0.2, 0) is 6.54 Å². The van der Waals surface area contributed by atoms with Crippen molar-refractivity contribution in [1.29, 1.82) is 0 Å². The predicted molar refractivity (Wildman–Crippen MR) is 99.9 cm³/mol. The van der Waals surface area contributed by atoms with Gasteiger partial charge in [-0.1, -0.05) is 19.1 Å². The van der Waals surface area contributed by atoms with Crippen LogP contribution < -0.4 is 5.73 Å². The van der Waals surface area contributed by atoms with E-state index >= 15 is 0 Å². The molecule has 2 atom stereocenters. The summed E-state index contributed by atoms with van der Waals surface area (Å²) in [5.74, 6) is 0.564. The lowest BCUT2D eigenvalue weighted by atomic mass is 9.92. The molecule has 0 saturated carbocycles. The second kappa shape index (κ2) is 8.63. The van der Waals surface area contributed by atoms with E-state index in [1.165, 1.54) is 5.56 Å². The molecule has 4 heteroatoms. The first-order valence-electron chi connectivity index (χ1n) is 9.30. The molecule has 2 unspecified atom stereocenters. The molecule has 1 saturated heterocycles. The van der Waals surface area contributed by atoms with Gasteiger partial charge in [0.25, 0.3) is 5.91 Å². The van der Waals surface area contributed by atoms with Crippen LogP contribution in [0.4, 0.5) is 0 Å². The largest absolute Gasteiger partial charge is 0.338 e. The van der Waals surface area contributed by atoms with Crippen molar-refractivity contribution in [2.24, 2.45) is 11.7 Å². The van der Waals surface area contributed by atoms with Crippen molar-refractivity contribution in [3.8, 4) is 0 Å². The van der Waals surface area contributed by atoms with Gasteiger partial charge in [0.1, 0.15) is 0 Å². The number of hydrogen-bond donors (Lipinski definition) is 1. The Bertz CT molecular complexity index is 524. The van der Waals surface area contributed by atoms with E-state index in [0.29, 0.717) is 12.0 Å². The molecule has 0 radical (unpaired) electrons. The first-order valence-corrected chi connectivity index (χ1v) is 9.30. The number of rotatable bonds is 6. The van der Waals surface area contributed by atoms with Gasteiger partial charge in [0.15, 0.2) is 0 Å². The zero-order valence-electron chi connectivity index (χ0n) is 15.7. The fourth-order valence-corrected chi connectivity index (χ4v) is 3.45. The predicted octanol–water partition coefficient (Wildman–Crippen LogP) is 3.12. The number of hydrogen-bond acceptors (Lipinski definition) is 3. The Kier molecular flexibility index (Phi) is 6.81. The van der Waals surface area contributed by atoms with Gasteiger partial charge >= 0.3 is 0 Å². The Balaban J connectivity index is 2.00. The number of amides is 1. The Morgan fingerprint density at radius 3 is 2.50 bits per heavy atom. The molecule has 1 aromatic carbocycles. The van der Waals surface area contributed by atoms with E-state index in [1.54, 1.807) is 0 Å². The molecule has 1 aliphatic heterocycles. The highest BCUT2D eigenvalue weighted by Gasteiger charge is 2.26. The molecular weight excluding hydrogens is 298 g/mol. The lowest BCUT2D eigenvalue weighted by Gasteiger charge is -2.34. The molecule has 1 amide bonds. The van der Waals surface area contributed by atoms with Gasteiger partial charge in [0, 0.05) is 37.3 Å². The van der Waals surface area contributed by atoms with Crippen LogP contribution in [0.5, 0.6) is 0 Å². The van der Waals surface area contributed by atoms with Crippen molar-refractivity contribution >= 4 is 5.91 Å². The van der Waals surface area contributed by atoms with Gasteiger partial charge in [-0.25, -0.2) is 0 Å². The minimum atomic E-state index is 0.142. The van der Waals surface area contributed by atoms with Gasteiger partial charge in [0.05, 0.1) is 0 Å². The molecule has 2 N–H and O–H groups in total. The van der Waals surface area contributed by atoms with Crippen molar-refractivity contribution in [1.82, 2.24) is 9.80 Å². The molecule has 2 rings (SSSR count). The van der Waals surface area contributed by atoms with Gasteiger partial charge in [-0.15, -0.1) is 0 Å². The van der Waals surface area contributed by atoms with Crippen LogP contribution in [0.3, 0.4) is 0 Å². The molecule has 1 aromatic rings.